The van der Waals surface area contributed by atoms with Gasteiger partial charge in [-0.1, -0.05) is 6.92 Å². The maximum atomic E-state index is 12.1. The standard InChI is InChI=1S/C16H23N3O3.ClH/c1-3-18-15(20)10-22-14-6-4-13(5-7-14)19-16(21)11(2)12-8-17-9-12;/h4-7,11-12,17H,3,8-10H2,1-2H3,(H,18,20)(H,19,21);1H. The third-order valence-electron chi connectivity index (χ3n) is 3.80. The molecule has 1 unspecified atom stereocenters. The van der Waals surface area contributed by atoms with E-state index in [9.17, 15) is 9.59 Å². The highest BCUT2D eigenvalue weighted by molar-refractivity contribution is 5.92. The van der Waals surface area contributed by atoms with Crippen LogP contribution in [0.5, 0.6) is 5.75 Å². The minimum Gasteiger partial charge on any atom is -0.484 e. The van der Waals surface area contributed by atoms with E-state index in [1.807, 2.05) is 13.8 Å². The number of amides is 2. The monoisotopic (exact) mass is 341 g/mol. The number of hydrogen-bond donors (Lipinski definition) is 3. The molecule has 1 aromatic carbocycles. The first kappa shape index (κ1) is 19.3. The number of nitrogens with one attached hydrogen (secondary N) is 3. The average molecular weight is 342 g/mol. The second kappa shape index (κ2) is 9.37. The summed E-state index contributed by atoms with van der Waals surface area (Å²) in [6, 6.07) is 7.03. The van der Waals surface area contributed by atoms with Crippen molar-refractivity contribution in [2.45, 2.75) is 13.8 Å². The van der Waals surface area contributed by atoms with E-state index in [0.717, 1.165) is 18.8 Å². The molecule has 23 heavy (non-hydrogen) atoms. The van der Waals surface area contributed by atoms with Crippen LogP contribution in [0.15, 0.2) is 24.3 Å². The van der Waals surface area contributed by atoms with Gasteiger partial charge in [0, 0.05) is 18.2 Å². The Balaban J connectivity index is 0.00000264. The molecule has 7 heteroatoms. The molecular weight excluding hydrogens is 318 g/mol. The normalized spacial score (nSPS) is 14.9. The quantitative estimate of drug-likeness (QED) is 0.700. The fraction of sp³-hybridized carbons (Fsp3) is 0.500. The van der Waals surface area contributed by atoms with Crippen LogP contribution < -0.4 is 20.7 Å². The SMILES string of the molecule is CCNC(=O)COc1ccc(NC(=O)C(C)C2CNC2)cc1.Cl. The van der Waals surface area contributed by atoms with Crippen LogP contribution in [0.4, 0.5) is 5.69 Å². The van der Waals surface area contributed by atoms with Crippen molar-refractivity contribution in [3.63, 3.8) is 0 Å². The van der Waals surface area contributed by atoms with Crippen LogP contribution in [0.2, 0.25) is 0 Å². The maximum Gasteiger partial charge on any atom is 0.257 e. The van der Waals surface area contributed by atoms with Gasteiger partial charge in [-0.3, -0.25) is 9.59 Å². The fourth-order valence-electron chi connectivity index (χ4n) is 2.17. The Labute approximate surface area is 142 Å². The summed E-state index contributed by atoms with van der Waals surface area (Å²) < 4.78 is 5.36. The van der Waals surface area contributed by atoms with Gasteiger partial charge in [-0.25, -0.2) is 0 Å². The molecule has 0 radical (unpaired) electrons. The van der Waals surface area contributed by atoms with Crippen molar-refractivity contribution in [2.75, 3.05) is 31.6 Å². The van der Waals surface area contributed by atoms with Crippen LogP contribution in [0.1, 0.15) is 13.8 Å². The number of hydrogen-bond acceptors (Lipinski definition) is 4. The smallest absolute Gasteiger partial charge is 0.257 e. The first-order valence-corrected chi connectivity index (χ1v) is 7.61. The minimum absolute atomic E-state index is 0. The van der Waals surface area contributed by atoms with Gasteiger partial charge in [-0.2, -0.15) is 0 Å². The van der Waals surface area contributed by atoms with Crippen molar-refractivity contribution in [1.29, 1.82) is 0 Å². The largest absolute Gasteiger partial charge is 0.484 e. The highest BCUT2D eigenvalue weighted by atomic mass is 35.5. The van der Waals surface area contributed by atoms with Gasteiger partial charge in [-0.05, 0) is 50.2 Å². The topological polar surface area (TPSA) is 79.5 Å². The van der Waals surface area contributed by atoms with Crippen molar-refractivity contribution in [3.05, 3.63) is 24.3 Å². The first-order valence-electron chi connectivity index (χ1n) is 7.61. The highest BCUT2D eigenvalue weighted by Gasteiger charge is 2.28. The number of anilines is 1. The summed E-state index contributed by atoms with van der Waals surface area (Å²) in [4.78, 5) is 23.4. The number of carbonyl (C=O) groups is 2. The summed E-state index contributed by atoms with van der Waals surface area (Å²) in [5, 5.41) is 8.73. The number of rotatable bonds is 7. The van der Waals surface area contributed by atoms with Crippen molar-refractivity contribution in [3.8, 4) is 5.75 Å². The van der Waals surface area contributed by atoms with E-state index in [1.165, 1.54) is 0 Å². The van der Waals surface area contributed by atoms with Crippen LogP contribution >= 0.6 is 12.4 Å². The molecule has 2 amide bonds. The van der Waals surface area contributed by atoms with Crippen LogP contribution in [-0.4, -0.2) is 38.1 Å². The van der Waals surface area contributed by atoms with E-state index in [0.29, 0.717) is 18.2 Å². The maximum absolute atomic E-state index is 12.1. The van der Waals surface area contributed by atoms with Gasteiger partial charge in [0.25, 0.3) is 5.91 Å². The lowest BCUT2D eigenvalue weighted by Crippen LogP contribution is -2.48. The third kappa shape index (κ3) is 5.73. The van der Waals surface area contributed by atoms with Crippen molar-refractivity contribution in [1.82, 2.24) is 10.6 Å². The second-order valence-electron chi connectivity index (χ2n) is 5.46. The van der Waals surface area contributed by atoms with Crippen LogP contribution in [-0.2, 0) is 9.59 Å². The Hall–Kier alpha value is -1.79. The zero-order valence-corrected chi connectivity index (χ0v) is 14.2. The fourth-order valence-corrected chi connectivity index (χ4v) is 2.17. The molecule has 6 nitrogen and oxygen atoms in total. The van der Waals surface area contributed by atoms with E-state index in [2.05, 4.69) is 16.0 Å². The Kier molecular flexibility index (Phi) is 7.85. The van der Waals surface area contributed by atoms with Gasteiger partial charge in [0.15, 0.2) is 6.61 Å². The zero-order chi connectivity index (χ0) is 15.9. The Morgan fingerprint density at radius 3 is 2.48 bits per heavy atom. The molecule has 0 saturated carbocycles. The molecule has 3 N–H and O–H groups in total. The number of benzene rings is 1. The van der Waals surface area contributed by atoms with Gasteiger partial charge in [0.05, 0.1) is 0 Å². The van der Waals surface area contributed by atoms with Crippen molar-refractivity contribution in [2.24, 2.45) is 11.8 Å². The molecule has 1 aliphatic rings. The summed E-state index contributed by atoms with van der Waals surface area (Å²) in [6.45, 7) is 6.19. The number of likely N-dealkylation sites (N-methyl/N-ethyl adjacent to an activating group) is 1. The lowest BCUT2D eigenvalue weighted by molar-refractivity contribution is -0.123. The lowest BCUT2D eigenvalue weighted by Gasteiger charge is -2.31. The molecule has 0 bridgehead atoms. The number of carbonyl (C=O) groups excluding carboxylic acids is 2. The van der Waals surface area contributed by atoms with Crippen LogP contribution in [0, 0.1) is 11.8 Å². The molecule has 1 aliphatic heterocycles. The Morgan fingerprint density at radius 1 is 1.30 bits per heavy atom. The predicted molar refractivity (Wildman–Crippen MR) is 92.0 cm³/mol. The molecule has 0 aromatic heterocycles. The van der Waals surface area contributed by atoms with Gasteiger partial charge in [0.1, 0.15) is 5.75 Å². The van der Waals surface area contributed by atoms with Gasteiger partial charge in [0.2, 0.25) is 5.91 Å². The Morgan fingerprint density at radius 2 is 1.96 bits per heavy atom. The summed E-state index contributed by atoms with van der Waals surface area (Å²) in [5.74, 6) is 0.889. The second-order valence-corrected chi connectivity index (χ2v) is 5.46. The van der Waals surface area contributed by atoms with E-state index in [4.69, 9.17) is 4.74 Å². The van der Waals surface area contributed by atoms with E-state index < -0.39 is 0 Å². The molecule has 1 saturated heterocycles. The van der Waals surface area contributed by atoms with Gasteiger partial charge >= 0.3 is 0 Å². The minimum atomic E-state index is -0.150. The van der Waals surface area contributed by atoms with Crippen LogP contribution in [0.3, 0.4) is 0 Å². The highest BCUT2D eigenvalue weighted by Crippen LogP contribution is 2.20. The molecule has 1 fully saturated rings. The average Bonchev–Trinajstić information content (AvgIpc) is 2.45. The van der Waals surface area contributed by atoms with E-state index in [1.54, 1.807) is 24.3 Å². The van der Waals surface area contributed by atoms with Gasteiger partial charge in [-0.15, -0.1) is 12.4 Å². The van der Waals surface area contributed by atoms with Gasteiger partial charge < -0.3 is 20.7 Å². The summed E-state index contributed by atoms with van der Waals surface area (Å²) in [7, 11) is 0. The molecule has 1 heterocycles. The summed E-state index contributed by atoms with van der Waals surface area (Å²) >= 11 is 0. The molecular formula is C16H24ClN3O3. The summed E-state index contributed by atoms with van der Waals surface area (Å²) in [6.07, 6.45) is 0. The van der Waals surface area contributed by atoms with E-state index in [-0.39, 0.29) is 36.7 Å². The van der Waals surface area contributed by atoms with Crippen molar-refractivity contribution >= 4 is 29.9 Å². The summed E-state index contributed by atoms with van der Waals surface area (Å²) in [5.41, 5.74) is 0.731. The molecule has 1 atom stereocenters. The molecule has 1 aromatic rings. The number of halogens is 1. The predicted octanol–water partition coefficient (Wildman–Crippen LogP) is 1.42. The van der Waals surface area contributed by atoms with E-state index >= 15 is 0 Å². The molecule has 0 spiro atoms. The zero-order valence-electron chi connectivity index (χ0n) is 13.4. The van der Waals surface area contributed by atoms with Crippen molar-refractivity contribution < 1.29 is 14.3 Å². The molecule has 0 aliphatic carbocycles. The van der Waals surface area contributed by atoms with Crippen LogP contribution in [0.25, 0.3) is 0 Å². The lowest BCUT2D eigenvalue weighted by atomic mass is 9.88. The number of ether oxygens (including phenoxy) is 1. The Bertz CT molecular complexity index is 518. The molecule has 2 rings (SSSR count). The molecule has 128 valence electrons. The first-order chi connectivity index (χ1) is 10.6. The third-order valence-corrected chi connectivity index (χ3v) is 3.80.